The molecule has 0 saturated heterocycles. The second-order valence-electron chi connectivity index (χ2n) is 7.67. The van der Waals surface area contributed by atoms with Crippen molar-refractivity contribution >= 4 is 11.8 Å². The summed E-state index contributed by atoms with van der Waals surface area (Å²) in [7, 11) is 1.45. The maximum atomic E-state index is 13.2. The van der Waals surface area contributed by atoms with Crippen molar-refractivity contribution in [3.63, 3.8) is 0 Å². The van der Waals surface area contributed by atoms with Gasteiger partial charge in [-0.05, 0) is 66.3 Å². The largest absolute Gasteiger partial charge is 0.465 e. The Labute approximate surface area is 147 Å². The molecule has 1 atom stereocenters. The van der Waals surface area contributed by atoms with Gasteiger partial charge in [0, 0.05) is 11.0 Å². The zero-order valence-corrected chi connectivity index (χ0v) is 14.4. The van der Waals surface area contributed by atoms with Crippen LogP contribution in [0.15, 0.2) is 30.3 Å². The SMILES string of the molecule is COC(=O)c1c2c(cc3c1C[C@@]1(Cc4ccccc4C1=O)C3)CCC2. The third-order valence-electron chi connectivity index (χ3n) is 6.31. The van der Waals surface area contributed by atoms with E-state index in [4.69, 9.17) is 4.74 Å². The number of Topliss-reactive ketones (excluding diaryl/α,β-unsaturated/α-hetero) is 1. The number of hydrogen-bond acceptors (Lipinski definition) is 3. The van der Waals surface area contributed by atoms with Crippen molar-refractivity contribution in [1.29, 1.82) is 0 Å². The first-order chi connectivity index (χ1) is 12.1. The molecule has 5 rings (SSSR count). The minimum atomic E-state index is -0.399. The molecule has 126 valence electrons. The molecule has 0 aliphatic heterocycles. The number of rotatable bonds is 1. The van der Waals surface area contributed by atoms with E-state index in [1.165, 1.54) is 18.2 Å². The molecule has 0 saturated carbocycles. The molecule has 3 heteroatoms. The lowest BCUT2D eigenvalue weighted by Gasteiger charge is -2.20. The van der Waals surface area contributed by atoms with Crippen LogP contribution in [-0.4, -0.2) is 18.9 Å². The standard InChI is InChI=1S/C22H20O3/c1-25-21(24)19-16-8-4-6-13(16)9-15-11-22(12-18(15)19)10-14-5-2-3-7-17(14)20(22)23/h2-3,5,7,9H,4,6,8,10-12H2,1H3/t22-/m1/s1. The van der Waals surface area contributed by atoms with Crippen LogP contribution in [-0.2, 0) is 36.8 Å². The smallest absolute Gasteiger partial charge is 0.338 e. The monoisotopic (exact) mass is 332 g/mol. The number of methoxy groups -OCH3 is 1. The van der Waals surface area contributed by atoms with Crippen LogP contribution in [0, 0.1) is 5.41 Å². The zero-order valence-electron chi connectivity index (χ0n) is 14.4. The van der Waals surface area contributed by atoms with Gasteiger partial charge >= 0.3 is 5.97 Å². The topological polar surface area (TPSA) is 43.4 Å². The fourth-order valence-electron chi connectivity index (χ4n) is 5.24. The summed E-state index contributed by atoms with van der Waals surface area (Å²) in [5.41, 5.74) is 7.05. The number of benzene rings is 2. The molecule has 0 unspecified atom stereocenters. The lowest BCUT2D eigenvalue weighted by atomic mass is 9.80. The highest BCUT2D eigenvalue weighted by Crippen LogP contribution is 2.49. The van der Waals surface area contributed by atoms with Gasteiger partial charge in [-0.1, -0.05) is 30.3 Å². The molecule has 1 spiro atoms. The van der Waals surface area contributed by atoms with Crippen molar-refractivity contribution in [2.45, 2.75) is 38.5 Å². The van der Waals surface area contributed by atoms with Gasteiger partial charge in [-0.25, -0.2) is 4.79 Å². The number of carbonyl (C=O) groups excluding carboxylic acids is 2. The summed E-state index contributed by atoms with van der Waals surface area (Å²) < 4.78 is 5.10. The summed E-state index contributed by atoms with van der Waals surface area (Å²) >= 11 is 0. The minimum absolute atomic E-state index is 0.241. The number of ketones is 1. The summed E-state index contributed by atoms with van der Waals surface area (Å²) in [5.74, 6) is 0.00489. The van der Waals surface area contributed by atoms with Crippen LogP contribution in [0.2, 0.25) is 0 Å². The highest BCUT2D eigenvalue weighted by atomic mass is 16.5. The van der Waals surface area contributed by atoms with E-state index in [0.29, 0.717) is 6.42 Å². The second kappa shape index (κ2) is 5.04. The molecule has 25 heavy (non-hydrogen) atoms. The Morgan fingerprint density at radius 2 is 1.80 bits per heavy atom. The summed E-state index contributed by atoms with van der Waals surface area (Å²) in [6.45, 7) is 0. The van der Waals surface area contributed by atoms with E-state index in [0.717, 1.165) is 59.9 Å². The Morgan fingerprint density at radius 1 is 1.00 bits per heavy atom. The highest BCUT2D eigenvalue weighted by Gasteiger charge is 2.50. The number of ether oxygens (including phenoxy) is 1. The molecule has 3 aliphatic rings. The molecular formula is C22H20O3. The number of carbonyl (C=O) groups is 2. The molecule has 0 fully saturated rings. The van der Waals surface area contributed by atoms with Crippen molar-refractivity contribution in [2.75, 3.05) is 7.11 Å². The molecule has 2 aromatic rings. The van der Waals surface area contributed by atoms with E-state index in [2.05, 4.69) is 12.1 Å². The van der Waals surface area contributed by atoms with Crippen LogP contribution in [0.1, 0.15) is 55.0 Å². The Bertz CT molecular complexity index is 941. The molecule has 0 aromatic heterocycles. The van der Waals surface area contributed by atoms with Gasteiger partial charge in [0.25, 0.3) is 0 Å². The molecule has 0 amide bonds. The van der Waals surface area contributed by atoms with Crippen LogP contribution in [0.3, 0.4) is 0 Å². The first-order valence-electron chi connectivity index (χ1n) is 9.00. The van der Waals surface area contributed by atoms with Gasteiger partial charge in [-0.15, -0.1) is 0 Å². The van der Waals surface area contributed by atoms with E-state index in [1.54, 1.807) is 0 Å². The molecule has 0 N–H and O–H groups in total. The molecule has 0 heterocycles. The number of aryl methyl sites for hydroxylation is 1. The van der Waals surface area contributed by atoms with E-state index < -0.39 is 5.41 Å². The number of hydrogen-bond donors (Lipinski definition) is 0. The minimum Gasteiger partial charge on any atom is -0.465 e. The van der Waals surface area contributed by atoms with Crippen LogP contribution in [0.4, 0.5) is 0 Å². The third kappa shape index (κ3) is 1.92. The fourth-order valence-corrected chi connectivity index (χ4v) is 5.24. The van der Waals surface area contributed by atoms with Crippen molar-refractivity contribution in [2.24, 2.45) is 5.41 Å². The van der Waals surface area contributed by atoms with Gasteiger partial charge in [-0.2, -0.15) is 0 Å². The van der Waals surface area contributed by atoms with Crippen LogP contribution in [0.25, 0.3) is 0 Å². The third-order valence-corrected chi connectivity index (χ3v) is 6.31. The lowest BCUT2D eigenvalue weighted by Crippen LogP contribution is -2.28. The molecule has 0 radical (unpaired) electrons. The van der Waals surface area contributed by atoms with Gasteiger partial charge in [0.2, 0.25) is 0 Å². The van der Waals surface area contributed by atoms with Gasteiger partial charge < -0.3 is 4.74 Å². The zero-order chi connectivity index (χ0) is 17.2. The summed E-state index contributed by atoms with van der Waals surface area (Å²) in [4.78, 5) is 25.7. The van der Waals surface area contributed by atoms with Crippen molar-refractivity contribution in [1.82, 2.24) is 0 Å². The normalized spacial score (nSPS) is 22.8. The highest BCUT2D eigenvalue weighted by molar-refractivity contribution is 6.06. The maximum Gasteiger partial charge on any atom is 0.338 e. The second-order valence-corrected chi connectivity index (χ2v) is 7.67. The first-order valence-corrected chi connectivity index (χ1v) is 9.00. The van der Waals surface area contributed by atoms with Crippen molar-refractivity contribution in [3.05, 3.63) is 69.3 Å². The fraction of sp³-hybridized carbons (Fsp3) is 0.364. The summed E-state index contributed by atoms with van der Waals surface area (Å²) in [6, 6.07) is 10.2. The van der Waals surface area contributed by atoms with Crippen molar-refractivity contribution < 1.29 is 14.3 Å². The molecule has 3 aliphatic carbocycles. The Hall–Kier alpha value is -2.42. The molecule has 0 bridgehead atoms. The van der Waals surface area contributed by atoms with Gasteiger partial charge in [0.05, 0.1) is 12.7 Å². The van der Waals surface area contributed by atoms with E-state index >= 15 is 0 Å². The Kier molecular flexibility index (Phi) is 3.00. The maximum absolute atomic E-state index is 13.2. The van der Waals surface area contributed by atoms with E-state index in [9.17, 15) is 9.59 Å². The molecule has 3 nitrogen and oxygen atoms in total. The van der Waals surface area contributed by atoms with Gasteiger partial charge in [-0.3, -0.25) is 4.79 Å². The summed E-state index contributed by atoms with van der Waals surface area (Å²) in [5, 5.41) is 0. The number of esters is 1. The first kappa shape index (κ1) is 14.9. The van der Waals surface area contributed by atoms with Crippen molar-refractivity contribution in [3.8, 4) is 0 Å². The molecule has 2 aromatic carbocycles. The predicted octanol–water partition coefficient (Wildman–Crippen LogP) is 3.49. The Morgan fingerprint density at radius 3 is 2.60 bits per heavy atom. The number of fused-ring (bicyclic) bond motifs is 3. The average molecular weight is 332 g/mol. The van der Waals surface area contributed by atoms with Crippen LogP contribution < -0.4 is 0 Å². The lowest BCUT2D eigenvalue weighted by molar-refractivity contribution is 0.0597. The van der Waals surface area contributed by atoms with Gasteiger partial charge in [0.15, 0.2) is 5.78 Å². The predicted molar refractivity (Wildman–Crippen MR) is 94.1 cm³/mol. The average Bonchev–Trinajstić information content (AvgIpc) is 3.29. The molecular weight excluding hydrogens is 312 g/mol. The van der Waals surface area contributed by atoms with E-state index in [-0.39, 0.29) is 11.8 Å². The van der Waals surface area contributed by atoms with Gasteiger partial charge in [0.1, 0.15) is 0 Å². The summed E-state index contributed by atoms with van der Waals surface area (Å²) in [6.07, 6.45) is 5.24. The quantitative estimate of drug-likeness (QED) is 0.751. The van der Waals surface area contributed by atoms with Crippen LogP contribution in [0.5, 0.6) is 0 Å². The van der Waals surface area contributed by atoms with Crippen LogP contribution >= 0.6 is 0 Å². The Balaban J connectivity index is 1.64. The van der Waals surface area contributed by atoms with E-state index in [1.807, 2.05) is 18.2 Å².